The van der Waals surface area contributed by atoms with Gasteiger partial charge in [0.05, 0.1) is 11.1 Å². The molecule has 0 bridgehead atoms. The van der Waals surface area contributed by atoms with Crippen molar-refractivity contribution in [3.8, 4) is 0 Å². The molecule has 1 fully saturated rings. The Morgan fingerprint density at radius 2 is 1.95 bits per heavy atom. The molecule has 0 saturated carbocycles. The molecule has 116 valence electrons. The summed E-state index contributed by atoms with van der Waals surface area (Å²) in [5, 5.41) is 0. The maximum absolute atomic E-state index is 13.8. The number of rotatable bonds is 1. The van der Waals surface area contributed by atoms with Crippen LogP contribution in [0.2, 0.25) is 0 Å². The Balaban J connectivity index is 2.34. The average molecular weight is 303 g/mol. The van der Waals surface area contributed by atoms with Crippen LogP contribution in [-0.4, -0.2) is 23.4 Å². The van der Waals surface area contributed by atoms with Crippen molar-refractivity contribution in [3.63, 3.8) is 0 Å². The molecule has 0 N–H and O–H groups in total. The van der Waals surface area contributed by atoms with E-state index in [1.54, 1.807) is 0 Å². The van der Waals surface area contributed by atoms with Gasteiger partial charge in [-0.1, -0.05) is 6.92 Å². The fourth-order valence-electron chi connectivity index (χ4n) is 2.64. The van der Waals surface area contributed by atoms with E-state index in [9.17, 15) is 22.4 Å². The van der Waals surface area contributed by atoms with Crippen LogP contribution in [-0.2, 0) is 6.18 Å². The number of alkyl halides is 3. The topological polar surface area (TPSA) is 20.3 Å². The van der Waals surface area contributed by atoms with E-state index in [-0.39, 0.29) is 12.0 Å². The summed E-state index contributed by atoms with van der Waals surface area (Å²) in [6, 6.07) is 1.84. The molecule has 1 amide bonds. The highest BCUT2D eigenvalue weighted by molar-refractivity contribution is 5.95. The van der Waals surface area contributed by atoms with E-state index in [1.165, 1.54) is 4.90 Å². The molecule has 0 aliphatic carbocycles. The maximum atomic E-state index is 13.8. The van der Waals surface area contributed by atoms with Crippen molar-refractivity contribution < 1.29 is 22.4 Å². The second-order valence-electron chi connectivity index (χ2n) is 5.55. The molecule has 6 heteroatoms. The predicted octanol–water partition coefficient (Wildman–Crippen LogP) is 4.11. The first-order valence-corrected chi connectivity index (χ1v) is 6.89. The second kappa shape index (κ2) is 5.66. The highest BCUT2D eigenvalue weighted by atomic mass is 19.4. The van der Waals surface area contributed by atoms with E-state index in [0.717, 1.165) is 12.8 Å². The molecular weight excluding hydrogens is 286 g/mol. The van der Waals surface area contributed by atoms with Gasteiger partial charge in [-0.3, -0.25) is 4.79 Å². The normalized spacial score (nSPS) is 23.2. The summed E-state index contributed by atoms with van der Waals surface area (Å²) < 4.78 is 51.9. The smallest absolute Gasteiger partial charge is 0.336 e. The number of hydrogen-bond donors (Lipinski definition) is 0. The quantitative estimate of drug-likeness (QED) is 0.715. The number of carbonyl (C=O) groups is 1. The summed E-state index contributed by atoms with van der Waals surface area (Å²) in [5.41, 5.74) is -1.52. The van der Waals surface area contributed by atoms with Gasteiger partial charge >= 0.3 is 6.18 Å². The zero-order valence-corrected chi connectivity index (χ0v) is 11.9. The van der Waals surface area contributed by atoms with E-state index < -0.39 is 29.0 Å². The molecule has 2 rings (SSSR count). The van der Waals surface area contributed by atoms with Crippen LogP contribution in [0.3, 0.4) is 0 Å². The second-order valence-corrected chi connectivity index (χ2v) is 5.55. The van der Waals surface area contributed by atoms with Gasteiger partial charge in [-0.15, -0.1) is 0 Å². The first-order valence-electron chi connectivity index (χ1n) is 6.89. The molecule has 2 unspecified atom stereocenters. The number of benzene rings is 1. The van der Waals surface area contributed by atoms with Gasteiger partial charge in [0.2, 0.25) is 0 Å². The fourth-order valence-corrected chi connectivity index (χ4v) is 2.64. The van der Waals surface area contributed by atoms with Crippen LogP contribution in [0.1, 0.15) is 42.6 Å². The minimum Gasteiger partial charge on any atom is -0.336 e. The number of halogens is 4. The number of amides is 1. The standard InChI is InChI=1S/C15H17F4NO/c1-9-4-3-7-20(10(9)2)14(21)12-8-11(15(17,18)19)5-6-13(12)16/h5-6,8-10H,3-4,7H2,1-2H3. The molecule has 0 aromatic heterocycles. The third kappa shape index (κ3) is 3.19. The van der Waals surface area contributed by atoms with Crippen LogP contribution in [0.4, 0.5) is 17.6 Å². The molecule has 1 saturated heterocycles. The van der Waals surface area contributed by atoms with Crippen molar-refractivity contribution in [2.75, 3.05) is 6.54 Å². The molecule has 1 aliphatic rings. The zero-order chi connectivity index (χ0) is 15.8. The van der Waals surface area contributed by atoms with Crippen LogP contribution in [0.15, 0.2) is 18.2 Å². The Kier molecular flexibility index (Phi) is 4.25. The van der Waals surface area contributed by atoms with Gasteiger partial charge in [0.15, 0.2) is 0 Å². The molecule has 2 nitrogen and oxygen atoms in total. The minimum absolute atomic E-state index is 0.111. The van der Waals surface area contributed by atoms with Gasteiger partial charge < -0.3 is 4.90 Å². The van der Waals surface area contributed by atoms with E-state index in [0.29, 0.717) is 24.7 Å². The molecule has 2 atom stereocenters. The van der Waals surface area contributed by atoms with E-state index >= 15 is 0 Å². The minimum atomic E-state index is -4.59. The number of likely N-dealkylation sites (tertiary alicyclic amines) is 1. The summed E-state index contributed by atoms with van der Waals surface area (Å²) in [4.78, 5) is 13.8. The lowest BCUT2D eigenvalue weighted by Crippen LogP contribution is -2.46. The lowest BCUT2D eigenvalue weighted by Gasteiger charge is -2.38. The summed E-state index contributed by atoms with van der Waals surface area (Å²) in [7, 11) is 0. The molecule has 1 aromatic rings. The first-order chi connectivity index (χ1) is 9.71. The summed E-state index contributed by atoms with van der Waals surface area (Å²) >= 11 is 0. The number of hydrogen-bond acceptors (Lipinski definition) is 1. The van der Waals surface area contributed by atoms with Crippen LogP contribution in [0.25, 0.3) is 0 Å². The SMILES string of the molecule is CC1CCCN(C(=O)c2cc(C(F)(F)F)ccc2F)C1C. The summed E-state index contributed by atoms with van der Waals surface area (Å²) in [6.45, 7) is 4.26. The third-order valence-electron chi connectivity index (χ3n) is 4.16. The third-order valence-corrected chi connectivity index (χ3v) is 4.16. The lowest BCUT2D eigenvalue weighted by molar-refractivity contribution is -0.137. The molecule has 0 radical (unpaired) electrons. The van der Waals surface area contributed by atoms with Gasteiger partial charge in [-0.25, -0.2) is 4.39 Å². The van der Waals surface area contributed by atoms with E-state index in [2.05, 4.69) is 0 Å². The van der Waals surface area contributed by atoms with Crippen LogP contribution < -0.4 is 0 Å². The number of piperidine rings is 1. The monoisotopic (exact) mass is 303 g/mol. The first kappa shape index (κ1) is 15.8. The molecule has 21 heavy (non-hydrogen) atoms. The largest absolute Gasteiger partial charge is 0.416 e. The van der Waals surface area contributed by atoms with Crippen LogP contribution in [0.5, 0.6) is 0 Å². The van der Waals surface area contributed by atoms with Gasteiger partial charge in [0.25, 0.3) is 5.91 Å². The average Bonchev–Trinajstić information content (AvgIpc) is 2.40. The van der Waals surface area contributed by atoms with Crippen molar-refractivity contribution in [2.45, 2.75) is 38.9 Å². The Morgan fingerprint density at radius 1 is 1.29 bits per heavy atom. The molecular formula is C15H17F4NO. The predicted molar refractivity (Wildman–Crippen MR) is 70.3 cm³/mol. The van der Waals surface area contributed by atoms with Gasteiger partial charge in [-0.2, -0.15) is 13.2 Å². The Hall–Kier alpha value is -1.59. The van der Waals surface area contributed by atoms with E-state index in [4.69, 9.17) is 0 Å². The number of carbonyl (C=O) groups excluding carboxylic acids is 1. The fraction of sp³-hybridized carbons (Fsp3) is 0.533. The molecule has 1 heterocycles. The molecule has 1 aromatic carbocycles. The van der Waals surface area contributed by atoms with Gasteiger partial charge in [0.1, 0.15) is 5.82 Å². The summed E-state index contributed by atoms with van der Waals surface area (Å²) in [5.74, 6) is -1.34. The van der Waals surface area contributed by atoms with Crippen LogP contribution >= 0.6 is 0 Å². The van der Waals surface area contributed by atoms with E-state index in [1.807, 2.05) is 13.8 Å². The zero-order valence-electron chi connectivity index (χ0n) is 11.9. The summed E-state index contributed by atoms with van der Waals surface area (Å²) in [6.07, 6.45) is -2.86. The van der Waals surface area contributed by atoms with Gasteiger partial charge in [-0.05, 0) is 43.9 Å². The Labute approximate surface area is 120 Å². The Morgan fingerprint density at radius 3 is 2.57 bits per heavy atom. The van der Waals surface area contributed by atoms with Crippen molar-refractivity contribution in [1.29, 1.82) is 0 Å². The Bertz CT molecular complexity index is 541. The van der Waals surface area contributed by atoms with Crippen molar-refractivity contribution in [1.82, 2.24) is 4.90 Å². The lowest BCUT2D eigenvalue weighted by atomic mass is 9.91. The van der Waals surface area contributed by atoms with Crippen molar-refractivity contribution >= 4 is 5.91 Å². The highest BCUT2D eigenvalue weighted by Crippen LogP contribution is 2.31. The molecule has 1 aliphatic heterocycles. The van der Waals surface area contributed by atoms with Crippen molar-refractivity contribution in [2.24, 2.45) is 5.92 Å². The van der Waals surface area contributed by atoms with Crippen molar-refractivity contribution in [3.05, 3.63) is 35.1 Å². The van der Waals surface area contributed by atoms with Gasteiger partial charge in [0, 0.05) is 12.6 Å². The van der Waals surface area contributed by atoms with Crippen LogP contribution in [0, 0.1) is 11.7 Å². The molecule has 0 spiro atoms. The number of nitrogens with zero attached hydrogens (tertiary/aromatic N) is 1. The highest BCUT2D eigenvalue weighted by Gasteiger charge is 2.34. The maximum Gasteiger partial charge on any atom is 0.416 e.